The molecule has 7 heteroatoms. The summed E-state index contributed by atoms with van der Waals surface area (Å²) in [7, 11) is 0. The van der Waals surface area contributed by atoms with Crippen molar-refractivity contribution in [2.75, 3.05) is 19.6 Å². The molecule has 1 aromatic heterocycles. The first-order valence-electron chi connectivity index (χ1n) is 8.29. The fraction of sp³-hybridized carbons (Fsp3) is 0.556. The summed E-state index contributed by atoms with van der Waals surface area (Å²) in [5.74, 6) is -0.191. The molecule has 1 saturated heterocycles. The summed E-state index contributed by atoms with van der Waals surface area (Å²) in [6, 6.07) is 5.07. The number of carbonyl (C=O) groups is 2. The number of aromatic nitrogens is 1. The van der Waals surface area contributed by atoms with Crippen LogP contribution in [0, 0.1) is 18.3 Å². The highest BCUT2D eigenvalue weighted by Crippen LogP contribution is 2.17. The predicted octanol–water partition coefficient (Wildman–Crippen LogP) is 2.34. The summed E-state index contributed by atoms with van der Waals surface area (Å²) in [4.78, 5) is 32.5. The molecule has 2 amide bonds. The highest BCUT2D eigenvalue weighted by molar-refractivity contribution is 5.93. The van der Waals surface area contributed by atoms with Gasteiger partial charge in [0.2, 0.25) is 0 Å². The number of rotatable bonds is 1. The van der Waals surface area contributed by atoms with Crippen molar-refractivity contribution in [1.82, 2.24) is 14.8 Å². The minimum Gasteiger partial charge on any atom is -0.444 e. The lowest BCUT2D eigenvalue weighted by molar-refractivity contribution is 0.00606. The van der Waals surface area contributed by atoms with Gasteiger partial charge in [-0.05, 0) is 46.8 Å². The number of amides is 2. The van der Waals surface area contributed by atoms with E-state index >= 15 is 0 Å². The highest BCUT2D eigenvalue weighted by Gasteiger charge is 2.32. The molecule has 1 fully saturated rings. The van der Waals surface area contributed by atoms with Crippen molar-refractivity contribution in [2.45, 2.75) is 46.3 Å². The van der Waals surface area contributed by atoms with E-state index in [1.165, 1.54) is 0 Å². The van der Waals surface area contributed by atoms with Crippen LogP contribution >= 0.6 is 0 Å². The lowest BCUT2D eigenvalue weighted by atomic mass is 10.1. The van der Waals surface area contributed by atoms with Crippen molar-refractivity contribution in [3.05, 3.63) is 29.1 Å². The van der Waals surface area contributed by atoms with Gasteiger partial charge in [0.1, 0.15) is 17.4 Å². The van der Waals surface area contributed by atoms with E-state index in [2.05, 4.69) is 4.98 Å². The van der Waals surface area contributed by atoms with Gasteiger partial charge in [-0.3, -0.25) is 4.79 Å². The smallest absolute Gasteiger partial charge is 0.410 e. The summed E-state index contributed by atoms with van der Waals surface area (Å²) >= 11 is 0. The molecule has 1 atom stereocenters. The minimum absolute atomic E-state index is 0.147. The molecule has 134 valence electrons. The average molecular weight is 344 g/mol. The van der Waals surface area contributed by atoms with E-state index in [1.807, 2.05) is 33.8 Å². The highest BCUT2D eigenvalue weighted by atomic mass is 16.6. The van der Waals surface area contributed by atoms with Crippen LogP contribution < -0.4 is 0 Å². The van der Waals surface area contributed by atoms with Gasteiger partial charge in [0, 0.05) is 25.7 Å². The fourth-order valence-corrected chi connectivity index (χ4v) is 2.70. The molecule has 7 nitrogen and oxygen atoms in total. The lowest BCUT2D eigenvalue weighted by Gasteiger charge is -2.40. The van der Waals surface area contributed by atoms with Crippen molar-refractivity contribution in [3.63, 3.8) is 0 Å². The number of carbonyl (C=O) groups excluding carboxylic acids is 2. The van der Waals surface area contributed by atoms with Crippen molar-refractivity contribution >= 4 is 12.0 Å². The van der Waals surface area contributed by atoms with Crippen LogP contribution in [0.5, 0.6) is 0 Å². The lowest BCUT2D eigenvalue weighted by Crippen LogP contribution is -2.56. The molecule has 0 spiro atoms. The summed E-state index contributed by atoms with van der Waals surface area (Å²) < 4.78 is 5.39. The van der Waals surface area contributed by atoms with E-state index in [9.17, 15) is 9.59 Å². The summed E-state index contributed by atoms with van der Waals surface area (Å²) in [6.07, 6.45) is -0.362. The number of hydrogen-bond acceptors (Lipinski definition) is 5. The SMILES string of the molecule is Cc1nc(C(=O)N2CCN(C(=O)OC(C)(C)C)C[C@H]2C)ccc1C#N. The molecule has 0 N–H and O–H groups in total. The maximum atomic E-state index is 12.7. The second-order valence-electron chi connectivity index (χ2n) is 7.22. The summed E-state index contributed by atoms with van der Waals surface area (Å²) in [5, 5.41) is 8.97. The zero-order chi connectivity index (χ0) is 18.8. The maximum Gasteiger partial charge on any atom is 0.410 e. The van der Waals surface area contributed by atoms with Gasteiger partial charge in [-0.15, -0.1) is 0 Å². The maximum absolute atomic E-state index is 12.7. The van der Waals surface area contributed by atoms with Crippen LogP contribution in [0.25, 0.3) is 0 Å². The molecular weight excluding hydrogens is 320 g/mol. The Hall–Kier alpha value is -2.62. The molecule has 25 heavy (non-hydrogen) atoms. The van der Waals surface area contributed by atoms with Crippen molar-refractivity contribution in [1.29, 1.82) is 5.26 Å². The van der Waals surface area contributed by atoms with E-state index in [-0.39, 0.29) is 18.0 Å². The van der Waals surface area contributed by atoms with Gasteiger partial charge in [-0.1, -0.05) is 0 Å². The largest absolute Gasteiger partial charge is 0.444 e. The number of pyridine rings is 1. The van der Waals surface area contributed by atoms with Crippen LogP contribution in [-0.2, 0) is 4.74 Å². The second-order valence-corrected chi connectivity index (χ2v) is 7.22. The second kappa shape index (κ2) is 7.09. The van der Waals surface area contributed by atoms with Gasteiger partial charge in [0.15, 0.2) is 0 Å². The van der Waals surface area contributed by atoms with Crippen LogP contribution in [0.2, 0.25) is 0 Å². The van der Waals surface area contributed by atoms with Gasteiger partial charge in [0.25, 0.3) is 5.91 Å². The van der Waals surface area contributed by atoms with Crippen molar-refractivity contribution in [3.8, 4) is 6.07 Å². The van der Waals surface area contributed by atoms with Gasteiger partial charge < -0.3 is 14.5 Å². The monoisotopic (exact) mass is 344 g/mol. The van der Waals surface area contributed by atoms with Crippen LogP contribution in [0.1, 0.15) is 49.4 Å². The molecule has 0 unspecified atom stereocenters. The zero-order valence-corrected chi connectivity index (χ0v) is 15.4. The third kappa shape index (κ3) is 4.47. The molecule has 2 heterocycles. The first kappa shape index (κ1) is 18.7. The Morgan fingerprint density at radius 1 is 1.32 bits per heavy atom. The summed E-state index contributed by atoms with van der Waals surface area (Å²) in [5.41, 5.74) is 0.763. The normalized spacial score (nSPS) is 17.8. The van der Waals surface area contributed by atoms with E-state index in [1.54, 1.807) is 28.9 Å². The fourth-order valence-electron chi connectivity index (χ4n) is 2.70. The number of hydrogen-bond donors (Lipinski definition) is 0. The van der Waals surface area contributed by atoms with Crippen LogP contribution in [0.4, 0.5) is 4.79 Å². The van der Waals surface area contributed by atoms with E-state index in [4.69, 9.17) is 10.00 Å². The van der Waals surface area contributed by atoms with E-state index in [0.29, 0.717) is 36.6 Å². The Bertz CT molecular complexity index is 718. The Balaban J connectivity index is 2.06. The van der Waals surface area contributed by atoms with E-state index < -0.39 is 5.60 Å². The van der Waals surface area contributed by atoms with Crippen molar-refractivity contribution in [2.24, 2.45) is 0 Å². The van der Waals surface area contributed by atoms with Crippen LogP contribution in [-0.4, -0.2) is 58.1 Å². The summed E-state index contributed by atoms with van der Waals surface area (Å²) in [6.45, 7) is 10.3. The Morgan fingerprint density at radius 2 is 2.00 bits per heavy atom. The first-order valence-corrected chi connectivity index (χ1v) is 8.29. The third-order valence-electron chi connectivity index (χ3n) is 3.97. The number of piperazine rings is 1. The van der Waals surface area contributed by atoms with Crippen molar-refractivity contribution < 1.29 is 14.3 Å². The van der Waals surface area contributed by atoms with Gasteiger partial charge in [0.05, 0.1) is 11.3 Å². The molecule has 0 radical (unpaired) electrons. The molecule has 0 aliphatic carbocycles. The topological polar surface area (TPSA) is 86.5 Å². The number of ether oxygens (including phenoxy) is 1. The molecule has 0 bridgehead atoms. The standard InChI is InChI=1S/C18H24N4O3/c1-12-11-21(17(24)25-18(3,4)5)8-9-22(12)16(23)15-7-6-14(10-19)13(2)20-15/h6-7,12H,8-9,11H2,1-5H3/t12-/m1/s1. The predicted molar refractivity (Wildman–Crippen MR) is 92.0 cm³/mol. The molecule has 1 aliphatic heterocycles. The quantitative estimate of drug-likeness (QED) is 0.780. The Morgan fingerprint density at radius 3 is 2.52 bits per heavy atom. The van der Waals surface area contributed by atoms with Gasteiger partial charge in [-0.25, -0.2) is 9.78 Å². The van der Waals surface area contributed by atoms with Gasteiger partial charge >= 0.3 is 6.09 Å². The molecule has 2 rings (SSSR count). The first-order chi connectivity index (χ1) is 11.6. The number of aryl methyl sites for hydroxylation is 1. The minimum atomic E-state index is -0.544. The third-order valence-corrected chi connectivity index (χ3v) is 3.97. The molecule has 0 saturated carbocycles. The average Bonchev–Trinajstić information content (AvgIpc) is 2.52. The van der Waals surface area contributed by atoms with Gasteiger partial charge in [-0.2, -0.15) is 5.26 Å². The molecular formula is C18H24N4O3. The van der Waals surface area contributed by atoms with Crippen LogP contribution in [0.3, 0.4) is 0 Å². The molecule has 1 aliphatic rings. The Labute approximate surface area is 148 Å². The van der Waals surface area contributed by atoms with Crippen LogP contribution in [0.15, 0.2) is 12.1 Å². The number of nitriles is 1. The Kier molecular flexibility index (Phi) is 5.31. The molecule has 0 aromatic carbocycles. The zero-order valence-electron chi connectivity index (χ0n) is 15.4. The number of nitrogens with zero attached hydrogens (tertiary/aromatic N) is 4. The molecule has 1 aromatic rings. The van der Waals surface area contributed by atoms with E-state index in [0.717, 1.165) is 0 Å².